The third-order valence-corrected chi connectivity index (χ3v) is 5.85. The van der Waals surface area contributed by atoms with Gasteiger partial charge in [-0.1, -0.05) is 37.2 Å². The summed E-state index contributed by atoms with van der Waals surface area (Å²) in [7, 11) is 0. The lowest BCUT2D eigenvalue weighted by atomic mass is 10.1. The number of amides is 2. The summed E-state index contributed by atoms with van der Waals surface area (Å²) in [6.07, 6.45) is 0.821. The van der Waals surface area contributed by atoms with Gasteiger partial charge in [-0.25, -0.2) is 4.98 Å². The third-order valence-electron chi connectivity index (χ3n) is 4.63. The van der Waals surface area contributed by atoms with Crippen molar-refractivity contribution in [1.29, 1.82) is 0 Å². The van der Waals surface area contributed by atoms with E-state index >= 15 is 0 Å². The van der Waals surface area contributed by atoms with Gasteiger partial charge in [-0.3, -0.25) is 19.0 Å². The summed E-state index contributed by atoms with van der Waals surface area (Å²) in [4.78, 5) is 41.3. The van der Waals surface area contributed by atoms with Gasteiger partial charge in [0.25, 0.3) is 5.56 Å². The van der Waals surface area contributed by atoms with E-state index in [2.05, 4.69) is 29.5 Å². The number of rotatable bonds is 8. The van der Waals surface area contributed by atoms with E-state index in [1.165, 1.54) is 18.7 Å². The maximum absolute atomic E-state index is 13.1. The van der Waals surface area contributed by atoms with E-state index in [4.69, 9.17) is 11.6 Å². The minimum atomic E-state index is -0.224. The highest BCUT2D eigenvalue weighted by molar-refractivity contribution is 7.99. The molecule has 0 aliphatic carbocycles. The normalized spacial score (nSPS) is 11.0. The molecule has 1 aromatic heterocycles. The van der Waals surface area contributed by atoms with Crippen LogP contribution in [0.2, 0.25) is 5.02 Å². The number of carbonyl (C=O) groups excluding carboxylic acids is 2. The smallest absolute Gasteiger partial charge is 0.262 e. The standard InChI is InChI=1S/C23H25ClN4O3S/c1-14(2)10-11-28-22(31)19-9-4-16(24)12-20(19)27-23(28)32-13-21(30)26-18-7-5-17(6-8-18)25-15(3)29/h4-9,12,14H,10-11,13H2,1-3H3,(H,25,29)(H,26,30). The number of nitrogens with one attached hydrogen (secondary N) is 2. The van der Waals surface area contributed by atoms with Crippen LogP contribution in [-0.2, 0) is 16.1 Å². The van der Waals surface area contributed by atoms with Crippen LogP contribution in [0, 0.1) is 5.92 Å². The van der Waals surface area contributed by atoms with Crippen LogP contribution in [0.25, 0.3) is 10.9 Å². The largest absolute Gasteiger partial charge is 0.326 e. The predicted molar refractivity (Wildman–Crippen MR) is 131 cm³/mol. The van der Waals surface area contributed by atoms with Gasteiger partial charge < -0.3 is 10.6 Å². The van der Waals surface area contributed by atoms with Crippen molar-refractivity contribution in [1.82, 2.24) is 9.55 Å². The molecule has 3 rings (SSSR count). The molecule has 0 atom stereocenters. The molecule has 0 saturated heterocycles. The maximum atomic E-state index is 13.1. The van der Waals surface area contributed by atoms with Crippen LogP contribution in [0.3, 0.4) is 0 Å². The number of nitrogens with zero attached hydrogens (tertiary/aromatic N) is 2. The Morgan fingerprint density at radius 2 is 1.75 bits per heavy atom. The quantitative estimate of drug-likeness (QED) is 0.363. The van der Waals surface area contributed by atoms with Crippen LogP contribution in [-0.4, -0.2) is 27.1 Å². The first kappa shape index (κ1) is 23.8. The minimum absolute atomic E-state index is 0.0909. The Morgan fingerprint density at radius 3 is 2.38 bits per heavy atom. The van der Waals surface area contributed by atoms with Gasteiger partial charge in [0.1, 0.15) is 0 Å². The monoisotopic (exact) mass is 472 g/mol. The van der Waals surface area contributed by atoms with Crippen molar-refractivity contribution < 1.29 is 9.59 Å². The molecule has 7 nitrogen and oxygen atoms in total. The summed E-state index contributed by atoms with van der Waals surface area (Å²) in [5.74, 6) is 0.126. The molecule has 9 heteroatoms. The minimum Gasteiger partial charge on any atom is -0.326 e. The number of halogens is 1. The molecule has 0 fully saturated rings. The Bertz CT molecular complexity index is 1190. The van der Waals surface area contributed by atoms with Crippen molar-refractivity contribution in [2.45, 2.75) is 38.9 Å². The topological polar surface area (TPSA) is 93.1 Å². The van der Waals surface area contributed by atoms with E-state index in [0.717, 1.165) is 6.42 Å². The Labute approximate surface area is 195 Å². The summed E-state index contributed by atoms with van der Waals surface area (Å²) in [5, 5.41) is 6.98. The number of benzene rings is 2. The fourth-order valence-electron chi connectivity index (χ4n) is 3.04. The number of carbonyl (C=O) groups is 2. The lowest BCUT2D eigenvalue weighted by Crippen LogP contribution is -2.25. The Kier molecular flexibility index (Phi) is 7.93. The zero-order valence-electron chi connectivity index (χ0n) is 18.1. The molecule has 0 saturated carbocycles. The number of hydrogen-bond donors (Lipinski definition) is 2. The Hall–Kier alpha value is -2.84. The molecule has 2 N–H and O–H groups in total. The number of anilines is 2. The summed E-state index contributed by atoms with van der Waals surface area (Å²) in [6, 6.07) is 11.9. The van der Waals surface area contributed by atoms with Crippen LogP contribution in [0.1, 0.15) is 27.2 Å². The van der Waals surface area contributed by atoms with Gasteiger partial charge in [-0.15, -0.1) is 0 Å². The van der Waals surface area contributed by atoms with Crippen LogP contribution in [0.15, 0.2) is 52.4 Å². The van der Waals surface area contributed by atoms with E-state index in [9.17, 15) is 14.4 Å². The van der Waals surface area contributed by atoms with Crippen molar-refractivity contribution in [2.75, 3.05) is 16.4 Å². The average Bonchev–Trinajstić information content (AvgIpc) is 2.72. The Balaban J connectivity index is 1.76. The molecule has 2 amide bonds. The summed E-state index contributed by atoms with van der Waals surface area (Å²) < 4.78 is 1.64. The molecule has 2 aromatic carbocycles. The second-order valence-electron chi connectivity index (χ2n) is 7.79. The number of fused-ring (bicyclic) bond motifs is 1. The van der Waals surface area contributed by atoms with E-state index in [1.54, 1.807) is 47.0 Å². The first-order valence-electron chi connectivity index (χ1n) is 10.2. The fourth-order valence-corrected chi connectivity index (χ4v) is 4.03. The molecule has 168 valence electrons. The van der Waals surface area contributed by atoms with E-state index in [0.29, 0.717) is 44.9 Å². The molecular weight excluding hydrogens is 448 g/mol. The van der Waals surface area contributed by atoms with Crippen LogP contribution in [0.5, 0.6) is 0 Å². The number of thioether (sulfide) groups is 1. The van der Waals surface area contributed by atoms with Crippen molar-refractivity contribution >= 4 is 57.5 Å². The first-order chi connectivity index (χ1) is 15.2. The van der Waals surface area contributed by atoms with Crippen molar-refractivity contribution in [3.8, 4) is 0 Å². The zero-order chi connectivity index (χ0) is 23.3. The van der Waals surface area contributed by atoms with Gasteiger partial charge in [0.05, 0.1) is 16.7 Å². The second kappa shape index (κ2) is 10.7. The van der Waals surface area contributed by atoms with E-state index in [1.807, 2.05) is 0 Å². The molecule has 1 heterocycles. The average molecular weight is 473 g/mol. The second-order valence-corrected chi connectivity index (χ2v) is 9.17. The molecule has 0 unspecified atom stereocenters. The Morgan fingerprint density at radius 1 is 1.09 bits per heavy atom. The molecule has 0 aliphatic heterocycles. The van der Waals surface area contributed by atoms with Gasteiger partial charge >= 0.3 is 0 Å². The zero-order valence-corrected chi connectivity index (χ0v) is 19.7. The van der Waals surface area contributed by atoms with Crippen LogP contribution < -0.4 is 16.2 Å². The SMILES string of the molecule is CC(=O)Nc1ccc(NC(=O)CSc2nc3cc(Cl)ccc3c(=O)n2CCC(C)C)cc1. The third kappa shape index (κ3) is 6.34. The predicted octanol–water partition coefficient (Wildman–Crippen LogP) is 4.79. The summed E-state index contributed by atoms with van der Waals surface area (Å²) in [5.41, 5.74) is 1.64. The van der Waals surface area contributed by atoms with Crippen molar-refractivity contribution in [3.05, 3.63) is 57.8 Å². The number of hydrogen-bond acceptors (Lipinski definition) is 5. The molecular formula is C23H25ClN4O3S. The first-order valence-corrected chi connectivity index (χ1v) is 11.6. The highest BCUT2D eigenvalue weighted by Gasteiger charge is 2.14. The van der Waals surface area contributed by atoms with Gasteiger partial charge in [0.15, 0.2) is 5.16 Å². The van der Waals surface area contributed by atoms with E-state index < -0.39 is 0 Å². The molecule has 0 bridgehead atoms. The van der Waals surface area contributed by atoms with Crippen molar-refractivity contribution in [2.24, 2.45) is 5.92 Å². The fraction of sp³-hybridized carbons (Fsp3) is 0.304. The highest BCUT2D eigenvalue weighted by atomic mass is 35.5. The summed E-state index contributed by atoms with van der Waals surface area (Å²) in [6.45, 7) is 6.15. The molecule has 0 radical (unpaired) electrons. The van der Waals surface area contributed by atoms with Crippen molar-refractivity contribution in [3.63, 3.8) is 0 Å². The van der Waals surface area contributed by atoms with Gasteiger partial charge in [-0.05, 0) is 54.8 Å². The summed E-state index contributed by atoms with van der Waals surface area (Å²) >= 11 is 7.29. The molecule has 32 heavy (non-hydrogen) atoms. The lowest BCUT2D eigenvalue weighted by Gasteiger charge is -2.14. The van der Waals surface area contributed by atoms with Crippen LogP contribution >= 0.6 is 23.4 Å². The highest BCUT2D eigenvalue weighted by Crippen LogP contribution is 2.22. The number of aromatic nitrogens is 2. The maximum Gasteiger partial charge on any atom is 0.262 e. The van der Waals surface area contributed by atoms with Crippen LogP contribution in [0.4, 0.5) is 11.4 Å². The van der Waals surface area contributed by atoms with Gasteiger partial charge in [0, 0.05) is 29.9 Å². The van der Waals surface area contributed by atoms with E-state index in [-0.39, 0.29) is 23.1 Å². The van der Waals surface area contributed by atoms with Gasteiger partial charge in [0.2, 0.25) is 11.8 Å². The molecule has 0 aliphatic rings. The molecule has 3 aromatic rings. The lowest BCUT2D eigenvalue weighted by molar-refractivity contribution is -0.114. The van der Waals surface area contributed by atoms with Gasteiger partial charge in [-0.2, -0.15) is 0 Å². The molecule has 0 spiro atoms.